The lowest BCUT2D eigenvalue weighted by Gasteiger charge is -2.32. The highest BCUT2D eigenvalue weighted by molar-refractivity contribution is 9.10. The molecule has 1 aromatic rings. The third kappa shape index (κ3) is 3.41. The summed E-state index contributed by atoms with van der Waals surface area (Å²) in [5, 5.41) is 0. The first-order chi connectivity index (χ1) is 9.82. The molecular formula is C13H14BBrF4O3. The Morgan fingerprint density at radius 3 is 2.00 bits per heavy atom. The number of halogens is 5. The van der Waals surface area contributed by atoms with Crippen molar-refractivity contribution in [1.82, 2.24) is 0 Å². The van der Waals surface area contributed by atoms with Crippen LogP contribution in [0.1, 0.15) is 27.7 Å². The molecule has 0 aromatic heterocycles. The Hall–Kier alpha value is -0.795. The van der Waals surface area contributed by atoms with E-state index >= 15 is 0 Å². The summed E-state index contributed by atoms with van der Waals surface area (Å²) >= 11 is 2.88. The van der Waals surface area contributed by atoms with Crippen molar-refractivity contribution in [1.29, 1.82) is 0 Å². The van der Waals surface area contributed by atoms with Crippen LogP contribution in [0.3, 0.4) is 0 Å². The highest BCUT2D eigenvalue weighted by Gasteiger charge is 2.52. The van der Waals surface area contributed by atoms with Crippen LogP contribution in [0.2, 0.25) is 0 Å². The second kappa shape index (κ2) is 5.38. The molecule has 1 aromatic carbocycles. The van der Waals surface area contributed by atoms with Crippen molar-refractivity contribution in [2.45, 2.75) is 45.3 Å². The monoisotopic (exact) mass is 384 g/mol. The Morgan fingerprint density at radius 1 is 1.09 bits per heavy atom. The fourth-order valence-corrected chi connectivity index (χ4v) is 2.44. The van der Waals surface area contributed by atoms with Crippen molar-refractivity contribution in [3.05, 3.63) is 22.4 Å². The molecule has 2 rings (SSSR count). The van der Waals surface area contributed by atoms with Crippen molar-refractivity contribution in [3.63, 3.8) is 0 Å². The largest absolute Gasteiger partial charge is 0.573 e. The maximum Gasteiger partial charge on any atom is 0.573 e. The number of alkyl halides is 3. The van der Waals surface area contributed by atoms with Gasteiger partial charge in [-0.05, 0) is 61.2 Å². The number of hydrogen-bond donors (Lipinski definition) is 0. The van der Waals surface area contributed by atoms with Gasteiger partial charge >= 0.3 is 13.5 Å². The predicted octanol–water partition coefficient (Wildman–Crippen LogP) is 3.79. The highest BCUT2D eigenvalue weighted by Crippen LogP contribution is 2.38. The predicted molar refractivity (Wildman–Crippen MR) is 76.5 cm³/mol. The van der Waals surface area contributed by atoms with Gasteiger partial charge in [0.25, 0.3) is 0 Å². The molecule has 0 atom stereocenters. The zero-order valence-electron chi connectivity index (χ0n) is 12.3. The van der Waals surface area contributed by atoms with E-state index in [0.717, 1.165) is 6.07 Å². The van der Waals surface area contributed by atoms with Crippen molar-refractivity contribution in [2.24, 2.45) is 0 Å². The molecule has 0 amide bonds. The zero-order chi connectivity index (χ0) is 16.9. The fraction of sp³-hybridized carbons (Fsp3) is 0.538. The van der Waals surface area contributed by atoms with E-state index in [0.29, 0.717) is 0 Å². The van der Waals surface area contributed by atoms with Crippen LogP contribution in [-0.4, -0.2) is 24.7 Å². The van der Waals surface area contributed by atoms with Crippen molar-refractivity contribution >= 4 is 28.5 Å². The summed E-state index contributed by atoms with van der Waals surface area (Å²) in [5.41, 5.74) is -1.01. The van der Waals surface area contributed by atoms with Gasteiger partial charge in [-0.15, -0.1) is 13.2 Å². The van der Waals surface area contributed by atoms with Crippen LogP contribution in [0.4, 0.5) is 17.6 Å². The Morgan fingerprint density at radius 2 is 1.59 bits per heavy atom. The van der Waals surface area contributed by atoms with Gasteiger partial charge in [0.1, 0.15) is 0 Å². The topological polar surface area (TPSA) is 27.7 Å². The minimum atomic E-state index is -4.98. The fourth-order valence-electron chi connectivity index (χ4n) is 1.91. The Bertz CT molecular complexity index is 550. The SMILES string of the molecule is CC1(C)OB(c2cc(F)c(OC(F)(F)F)c(Br)c2)OC1(C)C. The number of hydrogen-bond acceptors (Lipinski definition) is 3. The third-order valence-corrected chi connectivity index (χ3v) is 4.35. The van der Waals surface area contributed by atoms with Gasteiger partial charge in [0.2, 0.25) is 0 Å². The van der Waals surface area contributed by atoms with Gasteiger partial charge in [0.15, 0.2) is 11.6 Å². The maximum atomic E-state index is 13.9. The molecule has 0 N–H and O–H groups in total. The first kappa shape index (κ1) is 17.6. The summed E-state index contributed by atoms with van der Waals surface area (Å²) < 4.78 is 65.6. The van der Waals surface area contributed by atoms with E-state index in [9.17, 15) is 17.6 Å². The average Bonchev–Trinajstić information content (AvgIpc) is 2.52. The van der Waals surface area contributed by atoms with E-state index in [2.05, 4.69) is 20.7 Å². The van der Waals surface area contributed by atoms with Crippen LogP contribution in [0.25, 0.3) is 0 Å². The maximum absolute atomic E-state index is 13.9. The quantitative estimate of drug-likeness (QED) is 0.573. The first-order valence-electron chi connectivity index (χ1n) is 6.43. The molecule has 0 unspecified atom stereocenters. The number of rotatable bonds is 2. The molecule has 1 heterocycles. The summed E-state index contributed by atoms with van der Waals surface area (Å²) in [6.07, 6.45) is -4.98. The van der Waals surface area contributed by atoms with Crippen molar-refractivity contribution in [3.8, 4) is 5.75 Å². The minimum absolute atomic E-state index is 0.172. The van der Waals surface area contributed by atoms with Crippen LogP contribution in [0.5, 0.6) is 5.75 Å². The van der Waals surface area contributed by atoms with Gasteiger partial charge in [-0.1, -0.05) is 0 Å². The minimum Gasteiger partial charge on any atom is -0.401 e. The van der Waals surface area contributed by atoms with Crippen molar-refractivity contribution in [2.75, 3.05) is 0 Å². The zero-order valence-corrected chi connectivity index (χ0v) is 13.9. The molecule has 1 aliphatic heterocycles. The lowest BCUT2D eigenvalue weighted by atomic mass is 9.79. The summed E-state index contributed by atoms with van der Waals surface area (Å²) in [5.74, 6) is -2.08. The van der Waals surface area contributed by atoms with Gasteiger partial charge in [0.05, 0.1) is 15.7 Å². The van der Waals surface area contributed by atoms with Crippen LogP contribution < -0.4 is 10.2 Å². The third-order valence-electron chi connectivity index (χ3n) is 3.76. The van der Waals surface area contributed by atoms with Gasteiger partial charge < -0.3 is 14.0 Å². The second-order valence-corrected chi connectivity index (χ2v) is 6.80. The van der Waals surface area contributed by atoms with Crippen LogP contribution in [0, 0.1) is 5.82 Å². The van der Waals surface area contributed by atoms with Gasteiger partial charge in [-0.2, -0.15) is 0 Å². The van der Waals surface area contributed by atoms with Crippen molar-refractivity contribution < 1.29 is 31.6 Å². The van der Waals surface area contributed by atoms with Gasteiger partial charge in [-0.3, -0.25) is 0 Å². The number of benzene rings is 1. The van der Waals surface area contributed by atoms with E-state index in [4.69, 9.17) is 9.31 Å². The Kier molecular flexibility index (Phi) is 4.30. The summed E-state index contributed by atoms with van der Waals surface area (Å²) in [6, 6.07) is 2.19. The molecule has 1 aliphatic rings. The molecule has 3 nitrogen and oxygen atoms in total. The molecule has 122 valence electrons. The molecule has 1 fully saturated rings. The Balaban J connectivity index is 2.32. The first-order valence-corrected chi connectivity index (χ1v) is 7.22. The smallest absolute Gasteiger partial charge is 0.401 e. The van der Waals surface area contributed by atoms with Gasteiger partial charge in [-0.25, -0.2) is 4.39 Å². The normalized spacial score (nSPS) is 20.3. The molecule has 1 saturated heterocycles. The van der Waals surface area contributed by atoms with Crippen LogP contribution in [0.15, 0.2) is 16.6 Å². The van der Waals surface area contributed by atoms with E-state index in [1.54, 1.807) is 0 Å². The molecule has 0 aliphatic carbocycles. The highest BCUT2D eigenvalue weighted by atomic mass is 79.9. The summed E-state index contributed by atoms with van der Waals surface area (Å²) in [7, 11) is -0.879. The number of ether oxygens (including phenoxy) is 1. The molecule has 0 bridgehead atoms. The molecule has 9 heteroatoms. The molecule has 22 heavy (non-hydrogen) atoms. The molecular weight excluding hydrogens is 371 g/mol. The lowest BCUT2D eigenvalue weighted by molar-refractivity contribution is -0.275. The van der Waals surface area contributed by atoms with E-state index in [1.807, 2.05) is 27.7 Å². The standard InChI is InChI=1S/C13H14BBrF4O3/c1-11(2)12(3,4)22-14(21-11)7-5-8(15)10(9(16)6-7)20-13(17,18)19/h5-6H,1-4H3. The lowest BCUT2D eigenvalue weighted by Crippen LogP contribution is -2.41. The van der Waals surface area contributed by atoms with Crippen LogP contribution >= 0.6 is 15.9 Å². The molecule has 0 saturated carbocycles. The van der Waals surface area contributed by atoms with Crippen LogP contribution in [-0.2, 0) is 9.31 Å². The second-order valence-electron chi connectivity index (χ2n) is 5.95. The van der Waals surface area contributed by atoms with E-state index in [1.165, 1.54) is 6.07 Å². The summed E-state index contributed by atoms with van der Waals surface area (Å²) in [6.45, 7) is 7.28. The molecule has 0 radical (unpaired) electrons. The summed E-state index contributed by atoms with van der Waals surface area (Å²) in [4.78, 5) is 0. The average molecular weight is 385 g/mol. The van der Waals surface area contributed by atoms with E-state index in [-0.39, 0.29) is 9.94 Å². The Labute approximate surface area is 134 Å². The molecule has 0 spiro atoms. The van der Waals surface area contributed by atoms with E-state index < -0.39 is 36.2 Å². The van der Waals surface area contributed by atoms with Gasteiger partial charge in [0, 0.05) is 0 Å².